The second-order valence-electron chi connectivity index (χ2n) is 4.19. The molecule has 2 heteroatoms. The maximum Gasteiger partial charge on any atom is 0.123 e. The number of hydrogen-bond acceptors (Lipinski definition) is 1. The van der Waals surface area contributed by atoms with Gasteiger partial charge in [0.15, 0.2) is 0 Å². The Hall–Kier alpha value is -1.33. The van der Waals surface area contributed by atoms with Crippen LogP contribution in [0.1, 0.15) is 32.4 Å². The monoisotopic (exact) mass is 205 g/mol. The molecule has 0 radical (unpaired) electrons. The van der Waals surface area contributed by atoms with Crippen LogP contribution in [0.4, 0.5) is 4.39 Å². The first-order valence-electron chi connectivity index (χ1n) is 4.95. The van der Waals surface area contributed by atoms with Crippen molar-refractivity contribution >= 4 is 0 Å². The highest BCUT2D eigenvalue weighted by molar-refractivity contribution is 5.21. The second-order valence-corrected chi connectivity index (χ2v) is 4.19. The molecule has 0 aliphatic rings. The third-order valence-corrected chi connectivity index (χ3v) is 2.29. The first-order chi connectivity index (χ1) is 6.94. The fourth-order valence-corrected chi connectivity index (χ4v) is 1.44. The van der Waals surface area contributed by atoms with Crippen molar-refractivity contribution in [1.29, 1.82) is 0 Å². The lowest BCUT2D eigenvalue weighted by Crippen LogP contribution is -2.39. The first kappa shape index (κ1) is 11.7. The van der Waals surface area contributed by atoms with Gasteiger partial charge < -0.3 is 0 Å². The minimum absolute atomic E-state index is 0.0340. The molecule has 0 spiro atoms. The quantitative estimate of drug-likeness (QED) is 0.748. The summed E-state index contributed by atoms with van der Waals surface area (Å²) >= 11 is 0. The minimum atomic E-state index is -0.383. The summed E-state index contributed by atoms with van der Waals surface area (Å²) in [5, 5.41) is 3.25. The van der Waals surface area contributed by atoms with Crippen LogP contribution in [-0.4, -0.2) is 5.54 Å². The molecule has 0 fully saturated rings. The molecule has 1 aromatic rings. The predicted octanol–water partition coefficient (Wildman–Crippen LogP) is 2.89. The summed E-state index contributed by atoms with van der Waals surface area (Å²) in [5.41, 5.74) is 0.518. The molecular formula is C13H16FN. The van der Waals surface area contributed by atoms with E-state index in [0.717, 1.165) is 5.56 Å². The van der Waals surface area contributed by atoms with Crippen LogP contribution in [0.15, 0.2) is 24.3 Å². The fraction of sp³-hybridized carbons (Fsp3) is 0.385. The SMILES string of the molecule is C#CC(C)(C)NC(C)c1cccc(F)c1. The lowest BCUT2D eigenvalue weighted by Gasteiger charge is -2.25. The normalized spacial score (nSPS) is 13.3. The molecule has 15 heavy (non-hydrogen) atoms. The third kappa shape index (κ3) is 3.38. The molecule has 0 aliphatic heterocycles. The van der Waals surface area contributed by atoms with Crippen LogP contribution in [0.5, 0.6) is 0 Å². The van der Waals surface area contributed by atoms with E-state index in [1.165, 1.54) is 12.1 Å². The van der Waals surface area contributed by atoms with Gasteiger partial charge in [0.2, 0.25) is 0 Å². The van der Waals surface area contributed by atoms with Gasteiger partial charge in [-0.15, -0.1) is 6.42 Å². The molecule has 0 amide bonds. The fourth-order valence-electron chi connectivity index (χ4n) is 1.44. The maximum absolute atomic E-state index is 13.0. The first-order valence-corrected chi connectivity index (χ1v) is 4.95. The van der Waals surface area contributed by atoms with Crippen LogP contribution in [0.3, 0.4) is 0 Å². The van der Waals surface area contributed by atoms with E-state index in [1.54, 1.807) is 6.07 Å². The largest absolute Gasteiger partial charge is 0.295 e. The van der Waals surface area contributed by atoms with E-state index in [0.29, 0.717) is 0 Å². The van der Waals surface area contributed by atoms with Crippen molar-refractivity contribution in [2.75, 3.05) is 0 Å². The average Bonchev–Trinajstić information content (AvgIpc) is 2.17. The lowest BCUT2D eigenvalue weighted by molar-refractivity contribution is 0.430. The Balaban J connectivity index is 2.78. The van der Waals surface area contributed by atoms with Crippen LogP contribution in [-0.2, 0) is 0 Å². The van der Waals surface area contributed by atoms with Crippen LogP contribution in [0.2, 0.25) is 0 Å². The summed E-state index contributed by atoms with van der Waals surface area (Å²) in [4.78, 5) is 0. The molecule has 0 saturated carbocycles. The summed E-state index contributed by atoms with van der Waals surface area (Å²) in [6.45, 7) is 5.81. The molecule has 1 nitrogen and oxygen atoms in total. The highest BCUT2D eigenvalue weighted by Gasteiger charge is 2.17. The number of hydrogen-bond donors (Lipinski definition) is 1. The molecule has 1 N–H and O–H groups in total. The zero-order chi connectivity index (χ0) is 11.5. The molecule has 0 heterocycles. The molecular weight excluding hydrogens is 189 g/mol. The Kier molecular flexibility index (Phi) is 3.49. The van der Waals surface area contributed by atoms with Gasteiger partial charge in [-0.3, -0.25) is 5.32 Å². The second kappa shape index (κ2) is 4.46. The average molecular weight is 205 g/mol. The van der Waals surface area contributed by atoms with Gasteiger partial charge in [-0.1, -0.05) is 18.1 Å². The zero-order valence-corrected chi connectivity index (χ0v) is 9.34. The van der Waals surface area contributed by atoms with E-state index in [2.05, 4.69) is 11.2 Å². The van der Waals surface area contributed by atoms with Gasteiger partial charge in [0.1, 0.15) is 5.82 Å². The molecule has 1 aromatic carbocycles. The Morgan fingerprint density at radius 3 is 2.67 bits per heavy atom. The lowest BCUT2D eigenvalue weighted by atomic mass is 10.0. The Labute approximate surface area is 90.7 Å². The Morgan fingerprint density at radius 1 is 1.47 bits per heavy atom. The van der Waals surface area contributed by atoms with Gasteiger partial charge in [-0.25, -0.2) is 4.39 Å². The minimum Gasteiger partial charge on any atom is -0.295 e. The van der Waals surface area contributed by atoms with Crippen molar-refractivity contribution in [2.24, 2.45) is 0 Å². The zero-order valence-electron chi connectivity index (χ0n) is 9.34. The van der Waals surface area contributed by atoms with Crippen LogP contribution < -0.4 is 5.32 Å². The van der Waals surface area contributed by atoms with Crippen molar-refractivity contribution in [3.63, 3.8) is 0 Å². The van der Waals surface area contributed by atoms with E-state index in [9.17, 15) is 4.39 Å². The Morgan fingerprint density at radius 2 is 2.13 bits per heavy atom. The molecule has 0 bridgehead atoms. The standard InChI is InChI=1S/C13H16FN/c1-5-13(3,4)15-10(2)11-7-6-8-12(14)9-11/h1,6-10,15H,2-4H3. The molecule has 0 aliphatic carbocycles. The topological polar surface area (TPSA) is 12.0 Å². The summed E-state index contributed by atoms with van der Waals surface area (Å²) in [5.74, 6) is 2.43. The highest BCUT2D eigenvalue weighted by atomic mass is 19.1. The molecule has 1 rings (SSSR count). The molecule has 0 aromatic heterocycles. The van der Waals surface area contributed by atoms with Gasteiger partial charge in [-0.05, 0) is 38.5 Å². The maximum atomic E-state index is 13.0. The van der Waals surface area contributed by atoms with Crippen molar-refractivity contribution in [3.8, 4) is 12.3 Å². The van der Waals surface area contributed by atoms with E-state index in [1.807, 2.05) is 26.8 Å². The van der Waals surface area contributed by atoms with E-state index < -0.39 is 0 Å². The molecule has 80 valence electrons. The van der Waals surface area contributed by atoms with Crippen LogP contribution >= 0.6 is 0 Å². The number of nitrogens with one attached hydrogen (secondary N) is 1. The molecule has 1 atom stereocenters. The van der Waals surface area contributed by atoms with Gasteiger partial charge >= 0.3 is 0 Å². The van der Waals surface area contributed by atoms with Gasteiger partial charge in [0, 0.05) is 6.04 Å². The van der Waals surface area contributed by atoms with Crippen molar-refractivity contribution in [3.05, 3.63) is 35.6 Å². The van der Waals surface area contributed by atoms with Crippen LogP contribution in [0.25, 0.3) is 0 Å². The van der Waals surface area contributed by atoms with E-state index in [4.69, 9.17) is 6.42 Å². The van der Waals surface area contributed by atoms with Crippen molar-refractivity contribution in [2.45, 2.75) is 32.4 Å². The van der Waals surface area contributed by atoms with Gasteiger partial charge in [0.25, 0.3) is 0 Å². The van der Waals surface area contributed by atoms with E-state index in [-0.39, 0.29) is 17.4 Å². The van der Waals surface area contributed by atoms with Gasteiger partial charge in [-0.2, -0.15) is 0 Å². The molecule has 1 unspecified atom stereocenters. The third-order valence-electron chi connectivity index (χ3n) is 2.29. The highest BCUT2D eigenvalue weighted by Crippen LogP contribution is 2.16. The number of terminal acetylenes is 1. The summed E-state index contributed by atoms with van der Waals surface area (Å²) in [7, 11) is 0. The molecule has 0 saturated heterocycles. The predicted molar refractivity (Wildman–Crippen MR) is 60.9 cm³/mol. The smallest absolute Gasteiger partial charge is 0.123 e. The number of benzene rings is 1. The summed E-state index contributed by atoms with van der Waals surface area (Å²) in [6, 6.07) is 6.57. The van der Waals surface area contributed by atoms with Gasteiger partial charge in [0.05, 0.1) is 5.54 Å². The van der Waals surface area contributed by atoms with Crippen molar-refractivity contribution in [1.82, 2.24) is 5.32 Å². The Bertz CT molecular complexity index is 376. The number of halogens is 1. The number of rotatable bonds is 3. The summed E-state index contributed by atoms with van der Waals surface area (Å²) in [6.07, 6.45) is 5.38. The van der Waals surface area contributed by atoms with Crippen molar-refractivity contribution < 1.29 is 4.39 Å². The summed E-state index contributed by atoms with van der Waals surface area (Å²) < 4.78 is 13.0. The van der Waals surface area contributed by atoms with Crippen LogP contribution in [0, 0.1) is 18.2 Å². The van der Waals surface area contributed by atoms with E-state index >= 15 is 0 Å².